The van der Waals surface area contributed by atoms with Crippen molar-refractivity contribution in [2.24, 2.45) is 0 Å². The van der Waals surface area contributed by atoms with Crippen LogP contribution in [0.25, 0.3) is 0 Å². The van der Waals surface area contributed by atoms with Crippen molar-refractivity contribution in [3.8, 4) is 17.2 Å². The molecule has 5 heteroatoms. The third-order valence-corrected chi connectivity index (χ3v) is 2.16. The van der Waals surface area contributed by atoms with E-state index in [4.69, 9.17) is 21.1 Å². The number of aromatic hydroxyl groups is 1. The third-order valence-electron chi connectivity index (χ3n) is 1.92. The highest BCUT2D eigenvalue weighted by molar-refractivity contribution is 6.31. The van der Waals surface area contributed by atoms with Crippen molar-refractivity contribution in [3.63, 3.8) is 0 Å². The first-order chi connectivity index (χ1) is 6.74. The van der Waals surface area contributed by atoms with Gasteiger partial charge in [0, 0.05) is 0 Å². The van der Waals surface area contributed by atoms with Gasteiger partial charge in [-0.15, -0.1) is 11.6 Å². The SMILES string of the molecule is O=C(CCl)c1c(O)ccc2c1OCO2. The second-order valence-corrected chi connectivity index (χ2v) is 3.02. The Labute approximate surface area is 85.0 Å². The van der Waals surface area contributed by atoms with E-state index in [1.807, 2.05) is 0 Å². The predicted octanol–water partition coefficient (Wildman–Crippen LogP) is 1.54. The molecule has 74 valence electrons. The van der Waals surface area contributed by atoms with Crippen molar-refractivity contribution >= 4 is 17.4 Å². The number of hydrogen-bond acceptors (Lipinski definition) is 4. The first-order valence-corrected chi connectivity index (χ1v) is 4.48. The molecule has 1 aliphatic rings. The number of Topliss-reactive ketones (excluding diaryl/α,β-unsaturated/α-hetero) is 1. The summed E-state index contributed by atoms with van der Waals surface area (Å²) in [6, 6.07) is 2.93. The van der Waals surface area contributed by atoms with Crippen LogP contribution in [0.2, 0.25) is 0 Å². The van der Waals surface area contributed by atoms with Crippen LogP contribution in [0.4, 0.5) is 0 Å². The summed E-state index contributed by atoms with van der Waals surface area (Å²) in [6.07, 6.45) is 0. The Bertz CT molecular complexity index is 389. The number of phenolic OH excluding ortho intramolecular Hbond substituents is 1. The van der Waals surface area contributed by atoms with Gasteiger partial charge < -0.3 is 14.6 Å². The molecule has 0 aliphatic carbocycles. The number of hydrogen-bond donors (Lipinski definition) is 1. The molecule has 0 atom stereocenters. The average Bonchev–Trinajstić information content (AvgIpc) is 2.64. The number of ketones is 1. The van der Waals surface area contributed by atoms with E-state index >= 15 is 0 Å². The lowest BCUT2D eigenvalue weighted by Gasteiger charge is -2.04. The normalized spacial score (nSPS) is 12.9. The zero-order valence-corrected chi connectivity index (χ0v) is 7.87. The van der Waals surface area contributed by atoms with Gasteiger partial charge >= 0.3 is 0 Å². The fourth-order valence-corrected chi connectivity index (χ4v) is 1.43. The summed E-state index contributed by atoms with van der Waals surface area (Å²) in [5.74, 6) is 0.00577. The van der Waals surface area contributed by atoms with E-state index in [2.05, 4.69) is 0 Å². The van der Waals surface area contributed by atoms with Gasteiger partial charge in [-0.2, -0.15) is 0 Å². The largest absolute Gasteiger partial charge is 0.507 e. The van der Waals surface area contributed by atoms with E-state index in [0.29, 0.717) is 5.75 Å². The molecule has 0 aromatic heterocycles. The Balaban J connectivity index is 2.57. The third kappa shape index (κ3) is 1.28. The Hall–Kier alpha value is -1.42. The summed E-state index contributed by atoms with van der Waals surface area (Å²) in [4.78, 5) is 11.4. The quantitative estimate of drug-likeness (QED) is 0.599. The molecule has 0 spiro atoms. The number of carbonyl (C=O) groups excluding carboxylic acids is 1. The molecule has 0 radical (unpaired) electrons. The van der Waals surface area contributed by atoms with Gasteiger partial charge in [0.05, 0.1) is 5.88 Å². The molecule has 0 bridgehead atoms. The summed E-state index contributed by atoms with van der Waals surface area (Å²) in [7, 11) is 0. The standard InChI is InChI=1S/C9H7ClO4/c10-3-6(12)8-5(11)1-2-7-9(8)14-4-13-7/h1-2,11H,3-4H2. The van der Waals surface area contributed by atoms with Crippen LogP contribution in [0.1, 0.15) is 10.4 Å². The van der Waals surface area contributed by atoms with Crippen molar-refractivity contribution < 1.29 is 19.4 Å². The highest BCUT2D eigenvalue weighted by Crippen LogP contribution is 2.40. The van der Waals surface area contributed by atoms with Gasteiger partial charge in [-0.3, -0.25) is 4.79 Å². The molecule has 0 unspecified atom stereocenters. The van der Waals surface area contributed by atoms with Gasteiger partial charge in [-0.1, -0.05) is 0 Å². The topological polar surface area (TPSA) is 55.8 Å². The van der Waals surface area contributed by atoms with E-state index in [9.17, 15) is 9.90 Å². The van der Waals surface area contributed by atoms with E-state index < -0.39 is 0 Å². The molecule has 1 aromatic rings. The predicted molar refractivity (Wildman–Crippen MR) is 49.3 cm³/mol. The first-order valence-electron chi connectivity index (χ1n) is 3.94. The van der Waals surface area contributed by atoms with Gasteiger partial charge in [0.15, 0.2) is 17.3 Å². The smallest absolute Gasteiger partial charge is 0.231 e. The summed E-state index contributed by atoms with van der Waals surface area (Å²) < 4.78 is 10.1. The second-order valence-electron chi connectivity index (χ2n) is 2.75. The van der Waals surface area contributed by atoms with E-state index in [0.717, 1.165) is 0 Å². The van der Waals surface area contributed by atoms with Gasteiger partial charge in [-0.05, 0) is 12.1 Å². The lowest BCUT2D eigenvalue weighted by molar-refractivity contribution is 0.101. The van der Waals surface area contributed by atoms with Crippen molar-refractivity contribution in [2.45, 2.75) is 0 Å². The molecule has 0 saturated carbocycles. The minimum atomic E-state index is -0.383. The number of alkyl halides is 1. The van der Waals surface area contributed by atoms with E-state index in [-0.39, 0.29) is 35.5 Å². The highest BCUT2D eigenvalue weighted by atomic mass is 35.5. The monoisotopic (exact) mass is 214 g/mol. The minimum absolute atomic E-state index is 0.0569. The maximum Gasteiger partial charge on any atom is 0.231 e. The van der Waals surface area contributed by atoms with Crippen molar-refractivity contribution in [2.75, 3.05) is 12.7 Å². The highest BCUT2D eigenvalue weighted by Gasteiger charge is 2.24. The number of rotatable bonds is 2. The van der Waals surface area contributed by atoms with Crippen molar-refractivity contribution in [3.05, 3.63) is 17.7 Å². The van der Waals surface area contributed by atoms with E-state index in [1.54, 1.807) is 6.07 Å². The summed E-state index contributed by atoms with van der Waals surface area (Å²) in [5.41, 5.74) is 0.0926. The molecule has 0 fully saturated rings. The number of fused-ring (bicyclic) bond motifs is 1. The van der Waals surface area contributed by atoms with Crippen molar-refractivity contribution in [1.29, 1.82) is 0 Å². The van der Waals surface area contributed by atoms with Crippen LogP contribution in [-0.4, -0.2) is 23.6 Å². The van der Waals surface area contributed by atoms with Gasteiger partial charge in [-0.25, -0.2) is 0 Å². The van der Waals surface area contributed by atoms with Gasteiger partial charge in [0.2, 0.25) is 6.79 Å². The van der Waals surface area contributed by atoms with Crippen LogP contribution in [0.5, 0.6) is 17.2 Å². The maximum atomic E-state index is 11.4. The molecule has 2 rings (SSSR count). The van der Waals surface area contributed by atoms with E-state index in [1.165, 1.54) is 6.07 Å². The molecule has 0 amide bonds. The van der Waals surface area contributed by atoms with Crippen LogP contribution in [0, 0.1) is 0 Å². The summed E-state index contributed by atoms with van der Waals surface area (Å²) in [5, 5.41) is 9.46. The number of ether oxygens (including phenoxy) is 2. The molecule has 4 nitrogen and oxygen atoms in total. The van der Waals surface area contributed by atoms with Crippen LogP contribution in [0.15, 0.2) is 12.1 Å². The number of carbonyl (C=O) groups is 1. The molecular formula is C9H7ClO4. The fraction of sp³-hybridized carbons (Fsp3) is 0.222. The second kappa shape index (κ2) is 3.38. The number of halogens is 1. The van der Waals surface area contributed by atoms with Crippen LogP contribution >= 0.6 is 11.6 Å². The zero-order valence-electron chi connectivity index (χ0n) is 7.12. The van der Waals surface area contributed by atoms with Crippen molar-refractivity contribution in [1.82, 2.24) is 0 Å². The molecule has 14 heavy (non-hydrogen) atoms. The lowest BCUT2D eigenvalue weighted by Crippen LogP contribution is -2.03. The Kier molecular flexibility index (Phi) is 2.21. The van der Waals surface area contributed by atoms with Gasteiger partial charge in [0.1, 0.15) is 11.3 Å². The molecule has 0 saturated heterocycles. The Morgan fingerprint density at radius 2 is 2.29 bits per heavy atom. The first kappa shape index (κ1) is 9.15. The number of benzene rings is 1. The van der Waals surface area contributed by atoms with Gasteiger partial charge in [0.25, 0.3) is 0 Å². The maximum absolute atomic E-state index is 11.4. The lowest BCUT2D eigenvalue weighted by atomic mass is 10.1. The Morgan fingerprint density at radius 1 is 1.50 bits per heavy atom. The minimum Gasteiger partial charge on any atom is -0.507 e. The van der Waals surface area contributed by atoms with Crippen LogP contribution in [-0.2, 0) is 0 Å². The molecule has 1 aromatic carbocycles. The molecule has 1 heterocycles. The van der Waals surface area contributed by atoms with Crippen LogP contribution < -0.4 is 9.47 Å². The molecule has 1 N–H and O–H groups in total. The molecule has 1 aliphatic heterocycles. The van der Waals surface area contributed by atoms with Crippen LogP contribution in [0.3, 0.4) is 0 Å². The Morgan fingerprint density at radius 3 is 3.00 bits per heavy atom. The fourth-order valence-electron chi connectivity index (χ4n) is 1.30. The molecular weight excluding hydrogens is 208 g/mol. The summed E-state index contributed by atoms with van der Waals surface area (Å²) in [6.45, 7) is 0.0569. The zero-order chi connectivity index (χ0) is 10.1. The summed E-state index contributed by atoms with van der Waals surface area (Å²) >= 11 is 5.40. The average molecular weight is 215 g/mol. The number of phenols is 1.